The Morgan fingerprint density at radius 1 is 1.24 bits per heavy atom. The highest BCUT2D eigenvalue weighted by molar-refractivity contribution is 5.81. The van der Waals surface area contributed by atoms with E-state index in [1.54, 1.807) is 24.3 Å². The minimum atomic E-state index is -1.06. The molecule has 0 bridgehead atoms. The molecule has 9 nitrogen and oxygen atoms in total. The number of pyridine rings is 1. The molecule has 3 rings (SSSR count). The number of aromatic amines is 1. The van der Waals surface area contributed by atoms with Crippen LogP contribution in [-0.2, 0) is 16.1 Å². The van der Waals surface area contributed by atoms with Crippen LogP contribution < -0.4 is 21.5 Å². The first kappa shape index (κ1) is 20.2. The zero-order chi connectivity index (χ0) is 21.1. The van der Waals surface area contributed by atoms with Gasteiger partial charge in [0.1, 0.15) is 18.1 Å². The summed E-state index contributed by atoms with van der Waals surface area (Å²) in [5.74, 6) is -2.00. The Labute approximate surface area is 164 Å². The van der Waals surface area contributed by atoms with Gasteiger partial charge < -0.3 is 29.7 Å². The molecule has 152 valence electrons. The predicted octanol–water partition coefficient (Wildman–Crippen LogP) is 1.35. The lowest BCUT2D eigenvalue weighted by molar-refractivity contribution is -0.118. The molecule has 2 heterocycles. The lowest BCUT2D eigenvalue weighted by atomic mass is 9.92. The van der Waals surface area contributed by atoms with Crippen molar-refractivity contribution in [3.63, 3.8) is 0 Å². The van der Waals surface area contributed by atoms with Gasteiger partial charge in [-0.3, -0.25) is 14.4 Å². The van der Waals surface area contributed by atoms with Crippen molar-refractivity contribution in [2.75, 3.05) is 14.2 Å². The van der Waals surface area contributed by atoms with Gasteiger partial charge in [-0.25, -0.2) is 0 Å². The van der Waals surface area contributed by atoms with E-state index >= 15 is 0 Å². The highest BCUT2D eigenvalue weighted by atomic mass is 16.5. The van der Waals surface area contributed by atoms with Crippen LogP contribution in [0.25, 0.3) is 10.9 Å². The van der Waals surface area contributed by atoms with E-state index in [9.17, 15) is 19.5 Å². The second-order valence-electron chi connectivity index (χ2n) is 6.45. The van der Waals surface area contributed by atoms with E-state index in [-0.39, 0.29) is 30.1 Å². The lowest BCUT2D eigenvalue weighted by Gasteiger charge is -2.17. The zero-order valence-electron chi connectivity index (χ0n) is 15.9. The van der Waals surface area contributed by atoms with Gasteiger partial charge in [0.05, 0.1) is 18.5 Å². The number of primary amides is 1. The van der Waals surface area contributed by atoms with Gasteiger partial charge in [0.25, 0.3) is 5.56 Å². The van der Waals surface area contributed by atoms with E-state index in [4.69, 9.17) is 19.6 Å². The molecule has 1 aromatic carbocycles. The molecule has 0 spiro atoms. The number of aromatic nitrogens is 1. The van der Waals surface area contributed by atoms with Gasteiger partial charge in [-0.15, -0.1) is 0 Å². The number of nitrogens with one attached hydrogen (secondary N) is 1. The summed E-state index contributed by atoms with van der Waals surface area (Å²) in [4.78, 5) is 39.3. The molecule has 9 heteroatoms. The number of rotatable bonds is 7. The molecule has 0 radical (unpaired) electrons. The van der Waals surface area contributed by atoms with Crippen LogP contribution in [0.2, 0.25) is 0 Å². The van der Waals surface area contributed by atoms with E-state index in [0.717, 1.165) is 6.07 Å². The molecule has 0 aliphatic heterocycles. The molecule has 0 saturated carbocycles. The molecule has 0 saturated heterocycles. The molecular weight excluding hydrogens is 380 g/mol. The van der Waals surface area contributed by atoms with Crippen molar-refractivity contribution in [1.29, 1.82) is 0 Å². The molecular formula is C20H20N2O7. The molecule has 0 aliphatic rings. The number of fused-ring (bicyclic) bond motifs is 1. The van der Waals surface area contributed by atoms with Crippen LogP contribution in [0.4, 0.5) is 0 Å². The van der Waals surface area contributed by atoms with Crippen LogP contribution in [0, 0.1) is 0 Å². The molecule has 1 amide bonds. The maximum absolute atomic E-state index is 12.8. The van der Waals surface area contributed by atoms with Crippen LogP contribution in [0.5, 0.6) is 11.5 Å². The molecule has 0 fully saturated rings. The van der Waals surface area contributed by atoms with Crippen LogP contribution >= 0.6 is 0 Å². The Morgan fingerprint density at radius 3 is 2.66 bits per heavy atom. The van der Waals surface area contributed by atoms with E-state index < -0.39 is 28.6 Å². The smallest absolute Gasteiger partial charge is 0.252 e. The van der Waals surface area contributed by atoms with E-state index in [0.29, 0.717) is 16.7 Å². The molecule has 29 heavy (non-hydrogen) atoms. The number of benzene rings is 1. The monoisotopic (exact) mass is 400 g/mol. The van der Waals surface area contributed by atoms with Gasteiger partial charge in [-0.05, 0) is 23.6 Å². The van der Waals surface area contributed by atoms with Crippen molar-refractivity contribution in [1.82, 2.24) is 4.98 Å². The Balaban J connectivity index is 2.23. The van der Waals surface area contributed by atoms with Gasteiger partial charge in [-0.2, -0.15) is 0 Å². The summed E-state index contributed by atoms with van der Waals surface area (Å²) in [6, 6.07) is 7.74. The Bertz CT molecular complexity index is 1180. The van der Waals surface area contributed by atoms with E-state index in [1.165, 1.54) is 14.2 Å². The van der Waals surface area contributed by atoms with Gasteiger partial charge in [-0.1, -0.05) is 0 Å². The van der Waals surface area contributed by atoms with Crippen molar-refractivity contribution in [3.8, 4) is 11.5 Å². The first-order valence-electron chi connectivity index (χ1n) is 8.68. The van der Waals surface area contributed by atoms with Gasteiger partial charge >= 0.3 is 0 Å². The highest BCUT2D eigenvalue weighted by Gasteiger charge is 2.28. The summed E-state index contributed by atoms with van der Waals surface area (Å²) in [6.45, 7) is -0.0281. The standard InChI is InChI=1S/C20H20N2O7/c1-27-9-12-7-16(23)18(25)19(29-12)13(8-17(21)24)14-5-10-3-4-11(28-2)6-15(10)22-20(14)26/h3-7,13,25H,8-9H2,1-2H3,(H2,21,24)(H,22,26). The Kier molecular flexibility index (Phi) is 5.69. The summed E-state index contributed by atoms with van der Waals surface area (Å²) < 4.78 is 15.7. The predicted molar refractivity (Wildman–Crippen MR) is 104 cm³/mol. The second-order valence-corrected chi connectivity index (χ2v) is 6.45. The number of methoxy groups -OCH3 is 2. The second kappa shape index (κ2) is 8.19. The van der Waals surface area contributed by atoms with E-state index in [1.807, 2.05) is 0 Å². The number of carbonyl (C=O) groups is 1. The highest BCUT2D eigenvalue weighted by Crippen LogP contribution is 2.32. The fraction of sp³-hybridized carbons (Fsp3) is 0.250. The molecule has 1 atom stereocenters. The lowest BCUT2D eigenvalue weighted by Crippen LogP contribution is -2.23. The van der Waals surface area contributed by atoms with Crippen molar-refractivity contribution in [2.45, 2.75) is 18.9 Å². The molecule has 1 unspecified atom stereocenters. The first-order chi connectivity index (χ1) is 13.8. The molecule has 0 aliphatic carbocycles. The molecule has 2 aromatic heterocycles. The minimum absolute atomic E-state index is 0.0281. The maximum Gasteiger partial charge on any atom is 0.252 e. The largest absolute Gasteiger partial charge is 0.502 e. The molecule has 3 aromatic rings. The number of ether oxygens (including phenoxy) is 2. The fourth-order valence-corrected chi connectivity index (χ4v) is 3.13. The number of amides is 1. The normalized spacial score (nSPS) is 12.1. The SMILES string of the molecule is COCc1cc(=O)c(O)c(C(CC(N)=O)c2cc3ccc(OC)cc3[nH]c2=O)o1. The van der Waals surface area contributed by atoms with Crippen LogP contribution in [0.3, 0.4) is 0 Å². The van der Waals surface area contributed by atoms with Crippen LogP contribution in [-0.4, -0.2) is 30.2 Å². The van der Waals surface area contributed by atoms with E-state index in [2.05, 4.69) is 4.98 Å². The fourth-order valence-electron chi connectivity index (χ4n) is 3.13. The number of H-pyrrole nitrogens is 1. The average molecular weight is 400 g/mol. The Hall–Kier alpha value is -3.59. The minimum Gasteiger partial charge on any atom is -0.502 e. The van der Waals surface area contributed by atoms with Crippen molar-refractivity contribution < 1.29 is 23.8 Å². The van der Waals surface area contributed by atoms with Crippen LogP contribution in [0.15, 0.2) is 44.3 Å². The third-order valence-corrected chi connectivity index (χ3v) is 4.47. The number of carbonyl (C=O) groups excluding carboxylic acids is 1. The average Bonchev–Trinajstić information content (AvgIpc) is 2.68. The topological polar surface area (TPSA) is 145 Å². The summed E-state index contributed by atoms with van der Waals surface area (Å²) in [5, 5.41) is 10.9. The third kappa shape index (κ3) is 4.14. The first-order valence-corrected chi connectivity index (χ1v) is 8.68. The van der Waals surface area contributed by atoms with Crippen molar-refractivity contribution >= 4 is 16.8 Å². The van der Waals surface area contributed by atoms with Crippen molar-refractivity contribution in [3.05, 3.63) is 68.0 Å². The Morgan fingerprint density at radius 2 is 2.00 bits per heavy atom. The van der Waals surface area contributed by atoms with Gasteiger partial charge in [0.2, 0.25) is 17.1 Å². The van der Waals surface area contributed by atoms with Crippen molar-refractivity contribution in [2.24, 2.45) is 5.73 Å². The quantitative estimate of drug-likeness (QED) is 0.543. The van der Waals surface area contributed by atoms with Gasteiger partial charge in [0, 0.05) is 31.2 Å². The zero-order valence-corrected chi connectivity index (χ0v) is 15.9. The summed E-state index contributed by atoms with van der Waals surface area (Å²) >= 11 is 0. The van der Waals surface area contributed by atoms with Crippen LogP contribution in [0.1, 0.15) is 29.4 Å². The number of hydrogen-bond donors (Lipinski definition) is 3. The maximum atomic E-state index is 12.8. The number of nitrogens with two attached hydrogens (primary N) is 1. The summed E-state index contributed by atoms with van der Waals surface area (Å²) in [6.07, 6.45) is -0.350. The summed E-state index contributed by atoms with van der Waals surface area (Å²) in [5.41, 5.74) is 4.77. The number of aromatic hydroxyl groups is 1. The number of hydrogen-bond acceptors (Lipinski definition) is 7. The molecule has 4 N–H and O–H groups in total. The van der Waals surface area contributed by atoms with Gasteiger partial charge in [0.15, 0.2) is 5.76 Å². The summed E-state index contributed by atoms with van der Waals surface area (Å²) in [7, 11) is 2.92. The third-order valence-electron chi connectivity index (χ3n) is 4.47.